The van der Waals surface area contributed by atoms with Crippen LogP contribution in [0.2, 0.25) is 0 Å². The molecule has 7 N–H and O–H groups in total. The van der Waals surface area contributed by atoms with Crippen LogP contribution in [0.25, 0.3) is 0 Å². The van der Waals surface area contributed by atoms with Crippen LogP contribution in [0.1, 0.15) is 155 Å². The number of aliphatic hydroxyl groups is 4. The highest BCUT2D eigenvalue weighted by Crippen LogP contribution is 2.49. The zero-order valence-electron chi connectivity index (χ0n) is 39.0. The molecule has 0 aromatic heterocycles. The van der Waals surface area contributed by atoms with Gasteiger partial charge in [-0.25, -0.2) is 9.13 Å². The predicted octanol–water partition coefficient (Wildman–Crippen LogP) is 8.05. The van der Waals surface area contributed by atoms with Gasteiger partial charge in [0.2, 0.25) is 0 Å². The van der Waals surface area contributed by atoms with Gasteiger partial charge in [0.05, 0.1) is 18.8 Å². The van der Waals surface area contributed by atoms with Gasteiger partial charge in [0.1, 0.15) is 43.2 Å². The topological polar surface area (TPSA) is 269 Å². The highest BCUT2D eigenvalue weighted by molar-refractivity contribution is 7.47. The summed E-state index contributed by atoms with van der Waals surface area (Å²) in [6, 6.07) is 0. The maximum absolute atomic E-state index is 13.0. The zero-order valence-corrected chi connectivity index (χ0v) is 40.8. The fourth-order valence-electron chi connectivity index (χ4n) is 7.21. The van der Waals surface area contributed by atoms with Crippen LogP contribution >= 0.6 is 15.6 Å². The van der Waals surface area contributed by atoms with E-state index in [1.807, 2.05) is 18.2 Å². The second-order valence-corrected chi connectivity index (χ2v) is 19.4. The number of esters is 2. The quantitative estimate of drug-likeness (QED) is 0.0101. The molecule has 19 heteroatoms. The first-order valence-electron chi connectivity index (χ1n) is 24.0. The smallest absolute Gasteiger partial charge is 0.462 e. The van der Waals surface area contributed by atoms with Crippen molar-refractivity contribution in [2.75, 3.05) is 13.2 Å². The summed E-state index contributed by atoms with van der Waals surface area (Å²) in [4.78, 5) is 54.2. The van der Waals surface area contributed by atoms with Gasteiger partial charge in [-0.1, -0.05) is 152 Å². The standard InChI is InChI=1S/C47H80O17P2/c1-3-5-7-8-9-10-11-12-16-19-22-25-29-33-40(48)59-35-37(36-60-66(57,58)64-47-44(52)42(50)43(51)46(45(47)53)63-65(54,55)56)61-41(49)34-30-26-23-20-17-14-13-15-18-21-24-28-32-39-38(62-39)31-27-6-4-2/h6,14-15,17-18,23-24,26-28,37-39,42-47,50-53H,3-5,7-13,16,19-22,25,29-36H2,1-2H3,(H,57,58)(H2,54,55,56)/b17-14-,18-15-,26-23-,27-6-,28-24-/t37-,38?,39?,42?,43?,44?,45?,46-,47+/m1/s1. The third-order valence-electron chi connectivity index (χ3n) is 11.0. The Morgan fingerprint density at radius 1 is 0.561 bits per heavy atom. The van der Waals surface area contributed by atoms with Crippen molar-refractivity contribution in [1.29, 1.82) is 0 Å². The minimum atomic E-state index is -5.37. The van der Waals surface area contributed by atoms with Gasteiger partial charge in [0.25, 0.3) is 0 Å². The van der Waals surface area contributed by atoms with Crippen molar-refractivity contribution < 1.29 is 81.6 Å². The van der Waals surface area contributed by atoms with Crippen molar-refractivity contribution in [2.24, 2.45) is 0 Å². The first kappa shape index (κ1) is 59.8. The normalized spacial score (nSPS) is 25.1. The molecule has 0 radical (unpaired) electrons. The molecule has 2 aliphatic rings. The summed E-state index contributed by atoms with van der Waals surface area (Å²) in [5, 5.41) is 41.2. The number of hydrogen-bond acceptors (Lipinski definition) is 14. The minimum absolute atomic E-state index is 0.0851. The van der Waals surface area contributed by atoms with E-state index in [-0.39, 0.29) is 12.8 Å². The molecule has 7 unspecified atom stereocenters. The molecule has 66 heavy (non-hydrogen) atoms. The molecule has 0 spiro atoms. The van der Waals surface area contributed by atoms with Crippen LogP contribution < -0.4 is 0 Å². The molecule has 380 valence electrons. The van der Waals surface area contributed by atoms with E-state index in [1.54, 1.807) is 6.08 Å². The molecule has 2 rings (SSSR count). The highest BCUT2D eigenvalue weighted by atomic mass is 31.2. The zero-order chi connectivity index (χ0) is 48.6. The summed E-state index contributed by atoms with van der Waals surface area (Å²) in [5.41, 5.74) is 0. The van der Waals surface area contributed by atoms with Gasteiger partial charge >= 0.3 is 27.6 Å². The Morgan fingerprint density at radius 3 is 1.58 bits per heavy atom. The van der Waals surface area contributed by atoms with Crippen molar-refractivity contribution in [3.8, 4) is 0 Å². The Kier molecular flexibility index (Phi) is 31.6. The fraction of sp³-hybridized carbons (Fsp3) is 0.745. The molecule has 1 aliphatic carbocycles. The first-order valence-corrected chi connectivity index (χ1v) is 27.0. The van der Waals surface area contributed by atoms with Crippen LogP contribution in [0, 0.1) is 0 Å². The number of epoxide rings is 1. The number of phosphoric acid groups is 2. The van der Waals surface area contributed by atoms with Crippen LogP contribution in [0.3, 0.4) is 0 Å². The molecular formula is C47H80O17P2. The van der Waals surface area contributed by atoms with E-state index in [2.05, 4.69) is 54.8 Å². The summed E-state index contributed by atoms with van der Waals surface area (Å²) in [5.74, 6) is -1.31. The molecule has 10 atom stereocenters. The maximum Gasteiger partial charge on any atom is 0.472 e. The number of allylic oxidation sites excluding steroid dienone is 8. The van der Waals surface area contributed by atoms with Crippen LogP contribution in [0.5, 0.6) is 0 Å². The number of ether oxygens (including phenoxy) is 3. The molecule has 0 bridgehead atoms. The average Bonchev–Trinajstić information content (AvgIpc) is 4.03. The number of carbonyl (C=O) groups excluding carboxylic acids is 2. The van der Waals surface area contributed by atoms with Crippen molar-refractivity contribution in [3.05, 3.63) is 60.8 Å². The summed E-state index contributed by atoms with van der Waals surface area (Å²) < 4.78 is 55.0. The lowest BCUT2D eigenvalue weighted by Crippen LogP contribution is -2.64. The number of unbranched alkanes of at least 4 members (excludes halogenated alkanes) is 12. The largest absolute Gasteiger partial charge is 0.472 e. The Bertz CT molecular complexity index is 1580. The van der Waals surface area contributed by atoms with Crippen molar-refractivity contribution >= 4 is 27.6 Å². The Morgan fingerprint density at radius 2 is 1.05 bits per heavy atom. The van der Waals surface area contributed by atoms with E-state index in [9.17, 15) is 53.8 Å². The molecule has 0 aromatic rings. The Balaban J connectivity index is 1.82. The average molecular weight is 979 g/mol. The number of phosphoric ester groups is 2. The predicted molar refractivity (Wildman–Crippen MR) is 250 cm³/mol. The Labute approximate surface area is 392 Å². The molecule has 2 fully saturated rings. The van der Waals surface area contributed by atoms with Crippen LogP contribution in [-0.2, 0) is 46.5 Å². The lowest BCUT2D eigenvalue weighted by Gasteiger charge is -2.43. The molecule has 0 aromatic carbocycles. The SMILES string of the molecule is CC/C=C\CC1OC1C/C=C\C/C=C\C/C=C\C/C=C\CCC(=O)O[C@H](COC(=O)CCCCCCCCCCCCCCC)COP(=O)(O)O[C@H]1C(O)C(O)C(O)[C@@H](OP(=O)(O)O)C1O. The summed E-state index contributed by atoms with van der Waals surface area (Å²) in [6.45, 7) is 2.92. The van der Waals surface area contributed by atoms with E-state index in [1.165, 1.54) is 51.4 Å². The van der Waals surface area contributed by atoms with Gasteiger partial charge in [-0.3, -0.25) is 23.2 Å². The van der Waals surface area contributed by atoms with E-state index >= 15 is 0 Å². The number of rotatable bonds is 38. The fourth-order valence-corrected chi connectivity index (χ4v) is 8.75. The van der Waals surface area contributed by atoms with Gasteiger partial charge in [0.15, 0.2) is 6.10 Å². The monoisotopic (exact) mass is 978 g/mol. The lowest BCUT2D eigenvalue weighted by molar-refractivity contribution is -0.216. The van der Waals surface area contributed by atoms with Crippen molar-refractivity contribution in [3.63, 3.8) is 0 Å². The summed E-state index contributed by atoms with van der Waals surface area (Å²) in [6.07, 6.45) is 26.6. The van der Waals surface area contributed by atoms with E-state index in [4.69, 9.17) is 23.3 Å². The van der Waals surface area contributed by atoms with Gasteiger partial charge in [-0.05, 0) is 51.4 Å². The molecule has 0 amide bonds. The molecule has 17 nitrogen and oxygen atoms in total. The number of hydrogen-bond donors (Lipinski definition) is 7. The lowest BCUT2D eigenvalue weighted by atomic mass is 9.85. The Hall–Kier alpha value is -2.34. The molecule has 1 saturated heterocycles. The molecule has 1 aliphatic heterocycles. The summed E-state index contributed by atoms with van der Waals surface area (Å²) in [7, 11) is -10.7. The van der Waals surface area contributed by atoms with Crippen molar-refractivity contribution in [2.45, 2.75) is 210 Å². The third-order valence-corrected chi connectivity index (χ3v) is 12.5. The first-order chi connectivity index (χ1) is 31.6. The molecule has 1 heterocycles. The van der Waals surface area contributed by atoms with Gasteiger partial charge in [0, 0.05) is 12.8 Å². The van der Waals surface area contributed by atoms with Crippen LogP contribution in [0.15, 0.2) is 60.8 Å². The van der Waals surface area contributed by atoms with E-state index in [0.717, 1.165) is 57.8 Å². The van der Waals surface area contributed by atoms with Gasteiger partial charge < -0.3 is 49.3 Å². The number of carbonyl (C=O) groups is 2. The maximum atomic E-state index is 13.0. The van der Waals surface area contributed by atoms with Crippen LogP contribution in [0.4, 0.5) is 0 Å². The van der Waals surface area contributed by atoms with Gasteiger partial charge in [-0.2, -0.15) is 0 Å². The molecular weight excluding hydrogens is 898 g/mol. The summed E-state index contributed by atoms with van der Waals surface area (Å²) >= 11 is 0. The highest BCUT2D eigenvalue weighted by Gasteiger charge is 2.54. The third kappa shape index (κ3) is 28.2. The second kappa shape index (κ2) is 34.9. The molecule has 1 saturated carbocycles. The van der Waals surface area contributed by atoms with E-state index in [0.29, 0.717) is 31.5 Å². The second-order valence-electron chi connectivity index (χ2n) is 16.8. The van der Waals surface area contributed by atoms with Gasteiger partial charge in [-0.15, -0.1) is 0 Å². The number of aliphatic hydroxyl groups excluding tert-OH is 4. The van der Waals surface area contributed by atoms with Crippen molar-refractivity contribution in [1.82, 2.24) is 0 Å². The van der Waals surface area contributed by atoms with Crippen LogP contribution in [-0.4, -0.2) is 115 Å². The minimum Gasteiger partial charge on any atom is -0.462 e. The van der Waals surface area contributed by atoms with E-state index < -0.39 is 83.5 Å².